The zero-order valence-electron chi connectivity index (χ0n) is 35.3. The Balaban J connectivity index is 4.39. The van der Waals surface area contributed by atoms with Gasteiger partial charge in [0.2, 0.25) is 0 Å². The quantitative estimate of drug-likeness (QED) is 0.0181. The van der Waals surface area contributed by atoms with E-state index in [0.717, 1.165) is 70.6 Å². The van der Waals surface area contributed by atoms with Gasteiger partial charge in [-0.3, -0.25) is 18.6 Å². The summed E-state index contributed by atoms with van der Waals surface area (Å²) in [7, 11) is -4.42. The van der Waals surface area contributed by atoms with Crippen molar-refractivity contribution in [1.29, 1.82) is 0 Å². The van der Waals surface area contributed by atoms with Crippen molar-refractivity contribution in [2.75, 3.05) is 26.4 Å². The van der Waals surface area contributed by atoms with Crippen molar-refractivity contribution in [2.24, 2.45) is 5.73 Å². The maximum atomic E-state index is 12.6. The van der Waals surface area contributed by atoms with Crippen LogP contribution in [0.1, 0.15) is 123 Å². The van der Waals surface area contributed by atoms with Crippen molar-refractivity contribution < 1.29 is 42.7 Å². The molecule has 0 spiro atoms. The number of carbonyl (C=O) groups is 2. The topological polar surface area (TPSA) is 155 Å². The second-order valence-corrected chi connectivity index (χ2v) is 14.7. The van der Waals surface area contributed by atoms with Gasteiger partial charge in [-0.05, 0) is 89.9 Å². The zero-order chi connectivity index (χ0) is 42.6. The van der Waals surface area contributed by atoms with Crippen LogP contribution in [0.2, 0.25) is 0 Å². The first-order valence-corrected chi connectivity index (χ1v) is 22.6. The highest BCUT2D eigenvalue weighted by Gasteiger charge is 2.25. The van der Waals surface area contributed by atoms with Crippen LogP contribution in [0.3, 0.4) is 0 Å². The van der Waals surface area contributed by atoms with Crippen molar-refractivity contribution in [3.8, 4) is 0 Å². The van der Waals surface area contributed by atoms with Gasteiger partial charge >= 0.3 is 19.8 Å². The fourth-order valence-corrected chi connectivity index (χ4v) is 5.60. The van der Waals surface area contributed by atoms with Gasteiger partial charge < -0.3 is 25.2 Å². The molecule has 58 heavy (non-hydrogen) atoms. The molecule has 0 heterocycles. The predicted octanol–water partition coefficient (Wildman–Crippen LogP) is 11.1. The van der Waals surface area contributed by atoms with E-state index < -0.39 is 38.6 Å². The number of hydrogen-bond acceptors (Lipinski definition) is 9. The summed E-state index contributed by atoms with van der Waals surface area (Å²) in [5, 5.41) is 9.76. The Morgan fingerprint density at radius 2 is 1.12 bits per heavy atom. The Morgan fingerprint density at radius 1 is 0.603 bits per heavy atom. The summed E-state index contributed by atoms with van der Waals surface area (Å²) in [4.78, 5) is 34.8. The lowest BCUT2D eigenvalue weighted by Crippen LogP contribution is -2.29. The number of aliphatic hydroxyl groups is 1. The standard InChI is InChI=1S/C47H74NO9P/c1-3-5-7-8-9-10-11-12-13-14-15-16-17-18-23-26-29-32-35-39-47(51)57-45(43-56-58(52,53)55-41-40-48)42-54-46(50)38-34-31-28-25-22-20-19-21-24-27-30-33-37-44(49)36-6-4-2/h5-7,9-10,12-13,15-16,18-20,23-25,27-28,30,33,36,44-45,49H,3-4,8,11,14,17,21-22,26,29,31-32,34-35,37-43,48H2,1-2H3,(H,52,53)/b7-5-,10-9-,13-12-,16-15-,20-19-,23-18-,27-24-,28-25-,33-30+,36-6-/t44?,45-/m1/s1. The Bertz CT molecular complexity index is 1370. The van der Waals surface area contributed by atoms with E-state index in [1.165, 1.54) is 0 Å². The van der Waals surface area contributed by atoms with Crippen LogP contribution >= 0.6 is 7.82 Å². The van der Waals surface area contributed by atoms with Crippen LogP contribution in [-0.2, 0) is 32.7 Å². The average Bonchev–Trinajstić information content (AvgIpc) is 3.21. The minimum Gasteiger partial charge on any atom is -0.462 e. The second-order valence-electron chi connectivity index (χ2n) is 13.3. The number of ether oxygens (including phenoxy) is 2. The molecular formula is C47H74NO9P. The molecule has 2 unspecified atom stereocenters. The van der Waals surface area contributed by atoms with Gasteiger partial charge in [-0.15, -0.1) is 0 Å². The van der Waals surface area contributed by atoms with E-state index in [-0.39, 0.29) is 32.6 Å². The van der Waals surface area contributed by atoms with Crippen molar-refractivity contribution in [2.45, 2.75) is 135 Å². The van der Waals surface area contributed by atoms with Gasteiger partial charge in [0.05, 0.1) is 19.3 Å². The molecule has 0 saturated heterocycles. The largest absolute Gasteiger partial charge is 0.472 e. The average molecular weight is 828 g/mol. The number of carbonyl (C=O) groups excluding carboxylic acids is 2. The van der Waals surface area contributed by atoms with Gasteiger partial charge in [0.15, 0.2) is 6.10 Å². The van der Waals surface area contributed by atoms with Crippen LogP contribution < -0.4 is 5.73 Å². The summed E-state index contributed by atoms with van der Waals surface area (Å²) in [5.74, 6) is -0.974. The molecule has 4 N–H and O–H groups in total. The molecule has 11 heteroatoms. The fraction of sp³-hybridized carbons (Fsp3) is 0.532. The number of esters is 2. The van der Waals surface area contributed by atoms with Crippen LogP contribution in [0.25, 0.3) is 0 Å². The van der Waals surface area contributed by atoms with Crippen LogP contribution in [0, 0.1) is 0 Å². The Labute approximate surface area is 350 Å². The smallest absolute Gasteiger partial charge is 0.462 e. The maximum Gasteiger partial charge on any atom is 0.472 e. The van der Waals surface area contributed by atoms with E-state index in [9.17, 15) is 24.2 Å². The summed E-state index contributed by atoms with van der Waals surface area (Å²) < 4.78 is 32.6. The lowest BCUT2D eigenvalue weighted by Gasteiger charge is -2.19. The summed E-state index contributed by atoms with van der Waals surface area (Å²) in [6.45, 7) is 3.22. The maximum absolute atomic E-state index is 12.6. The molecule has 0 fully saturated rings. The molecule has 0 aromatic rings. The zero-order valence-corrected chi connectivity index (χ0v) is 36.2. The first-order valence-electron chi connectivity index (χ1n) is 21.1. The number of allylic oxidation sites excluding steroid dienone is 18. The van der Waals surface area contributed by atoms with Crippen LogP contribution in [-0.4, -0.2) is 60.5 Å². The molecular weight excluding hydrogens is 753 g/mol. The summed E-state index contributed by atoms with van der Waals surface area (Å²) in [5.41, 5.74) is 5.34. The summed E-state index contributed by atoms with van der Waals surface area (Å²) >= 11 is 0. The van der Waals surface area contributed by atoms with E-state index in [2.05, 4.69) is 79.8 Å². The molecule has 0 aliphatic carbocycles. The molecule has 3 atom stereocenters. The van der Waals surface area contributed by atoms with E-state index in [0.29, 0.717) is 25.7 Å². The molecule has 0 bridgehead atoms. The molecule has 0 aromatic heterocycles. The van der Waals surface area contributed by atoms with Gasteiger partial charge in [-0.1, -0.05) is 142 Å². The third-order valence-corrected chi connectivity index (χ3v) is 8.90. The molecule has 0 aliphatic rings. The Kier molecular flexibility index (Phi) is 38.9. The number of phosphoric acid groups is 1. The van der Waals surface area contributed by atoms with E-state index in [1.54, 1.807) is 0 Å². The number of rotatable bonds is 37. The molecule has 326 valence electrons. The first-order chi connectivity index (χ1) is 28.2. The lowest BCUT2D eigenvalue weighted by atomic mass is 10.1. The van der Waals surface area contributed by atoms with Gasteiger partial charge in [-0.25, -0.2) is 4.57 Å². The van der Waals surface area contributed by atoms with E-state index >= 15 is 0 Å². The number of nitrogens with two attached hydrogens (primary N) is 1. The molecule has 0 saturated carbocycles. The Morgan fingerprint density at radius 3 is 1.71 bits per heavy atom. The van der Waals surface area contributed by atoms with Gasteiger partial charge in [0.1, 0.15) is 6.61 Å². The number of hydrogen-bond donors (Lipinski definition) is 3. The highest BCUT2D eigenvalue weighted by molar-refractivity contribution is 7.47. The normalized spacial score (nSPS) is 15.1. The van der Waals surface area contributed by atoms with Crippen LogP contribution in [0.15, 0.2) is 122 Å². The molecule has 0 aromatic carbocycles. The van der Waals surface area contributed by atoms with Gasteiger partial charge in [0, 0.05) is 19.4 Å². The monoisotopic (exact) mass is 828 g/mol. The minimum atomic E-state index is -4.42. The minimum absolute atomic E-state index is 0.0258. The molecule has 0 aliphatic heterocycles. The summed E-state index contributed by atoms with van der Waals surface area (Å²) in [6.07, 6.45) is 52.9. The summed E-state index contributed by atoms with van der Waals surface area (Å²) in [6, 6.07) is 0. The van der Waals surface area contributed by atoms with Crippen molar-refractivity contribution in [3.05, 3.63) is 122 Å². The van der Waals surface area contributed by atoms with Crippen molar-refractivity contribution >= 4 is 19.8 Å². The van der Waals surface area contributed by atoms with Crippen molar-refractivity contribution in [3.63, 3.8) is 0 Å². The SMILES string of the molecule is CC/C=C\C/C=C\C/C=C\C/C=C\C/C=C\CCCCCC(=O)O[C@H](COC(=O)CCC/C=C\C/C=C\C/C=C\C=C\CC(O)/C=C\CC)COP(=O)(O)OCCN. The highest BCUT2D eigenvalue weighted by Crippen LogP contribution is 2.43. The van der Waals surface area contributed by atoms with Crippen LogP contribution in [0.4, 0.5) is 0 Å². The molecule has 0 amide bonds. The molecule has 0 radical (unpaired) electrons. The van der Waals surface area contributed by atoms with E-state index in [4.69, 9.17) is 24.3 Å². The predicted molar refractivity (Wildman–Crippen MR) is 239 cm³/mol. The van der Waals surface area contributed by atoms with Gasteiger partial charge in [-0.2, -0.15) is 0 Å². The number of aliphatic hydroxyl groups excluding tert-OH is 1. The third kappa shape index (κ3) is 40.6. The van der Waals surface area contributed by atoms with Gasteiger partial charge in [0.25, 0.3) is 0 Å². The number of unbranched alkanes of at least 4 members (excludes halogenated alkanes) is 4. The lowest BCUT2D eigenvalue weighted by molar-refractivity contribution is -0.161. The van der Waals surface area contributed by atoms with Crippen LogP contribution in [0.5, 0.6) is 0 Å². The fourth-order valence-electron chi connectivity index (χ4n) is 4.83. The molecule has 0 rings (SSSR count). The molecule has 10 nitrogen and oxygen atoms in total. The number of phosphoric ester groups is 1. The van der Waals surface area contributed by atoms with Crippen molar-refractivity contribution in [1.82, 2.24) is 0 Å². The first kappa shape index (κ1) is 54.4. The second kappa shape index (κ2) is 41.5. The van der Waals surface area contributed by atoms with E-state index in [1.807, 2.05) is 55.5 Å². The Hall–Kier alpha value is -3.63. The third-order valence-electron chi connectivity index (χ3n) is 7.92. The highest BCUT2D eigenvalue weighted by atomic mass is 31.2.